The Labute approximate surface area is 231 Å². The molecule has 7 nitrogen and oxygen atoms in total. The van der Waals surface area contributed by atoms with Crippen molar-refractivity contribution in [2.45, 2.75) is 64.6 Å². The van der Waals surface area contributed by atoms with E-state index >= 15 is 0 Å². The summed E-state index contributed by atoms with van der Waals surface area (Å²) in [6.45, 7) is 8.76. The minimum atomic E-state index is -0.377. The van der Waals surface area contributed by atoms with Gasteiger partial charge >= 0.3 is 0 Å². The molecule has 0 saturated carbocycles. The molecule has 0 spiro atoms. The van der Waals surface area contributed by atoms with Crippen molar-refractivity contribution < 1.29 is 9.53 Å². The summed E-state index contributed by atoms with van der Waals surface area (Å²) in [7, 11) is 1.84. The standard InChI is InChI=1S/C27H32ClN5O2S2/c1-6-27(3,4)17-11-12-18-19(14-29)25(37-22(18)13-17)30-23(34)15-36-26-32-31-24(33(26)5)16(2)35-21-10-8-7-9-20(21)28/h7-10,16-17H,6,11-13,15H2,1-5H3,(H,30,34). The van der Waals surface area contributed by atoms with Crippen LogP contribution in [0.2, 0.25) is 5.02 Å². The van der Waals surface area contributed by atoms with Gasteiger partial charge in [-0.15, -0.1) is 21.5 Å². The first kappa shape index (κ1) is 27.5. The van der Waals surface area contributed by atoms with E-state index < -0.39 is 0 Å². The summed E-state index contributed by atoms with van der Waals surface area (Å²) in [5.41, 5.74) is 2.00. The molecular weight excluding hydrogens is 526 g/mol. The van der Waals surface area contributed by atoms with Gasteiger partial charge < -0.3 is 14.6 Å². The van der Waals surface area contributed by atoms with Gasteiger partial charge in [0.15, 0.2) is 17.1 Å². The number of nitrogens with one attached hydrogen (secondary N) is 1. The third-order valence-electron chi connectivity index (χ3n) is 7.35. The molecule has 10 heteroatoms. The van der Waals surface area contributed by atoms with Gasteiger partial charge in [-0.3, -0.25) is 4.79 Å². The number of fused-ring (bicyclic) bond motifs is 1. The van der Waals surface area contributed by atoms with Gasteiger partial charge in [-0.1, -0.05) is 62.7 Å². The molecule has 1 aliphatic carbocycles. The number of carbonyl (C=O) groups excluding carboxylic acids is 1. The second kappa shape index (κ2) is 11.5. The number of thiophene rings is 1. The Hall–Kier alpha value is -2.54. The number of thioether (sulfide) groups is 1. The fourth-order valence-electron chi connectivity index (χ4n) is 4.63. The Morgan fingerprint density at radius 2 is 2.16 bits per heavy atom. The highest BCUT2D eigenvalue weighted by molar-refractivity contribution is 7.99. The molecule has 37 heavy (non-hydrogen) atoms. The number of hydrogen-bond donors (Lipinski definition) is 1. The molecule has 0 bridgehead atoms. The molecule has 2 aromatic heterocycles. The van der Waals surface area contributed by atoms with E-state index in [9.17, 15) is 10.1 Å². The van der Waals surface area contributed by atoms with Crippen molar-refractivity contribution in [3.8, 4) is 11.8 Å². The van der Waals surface area contributed by atoms with Crippen LogP contribution in [0.3, 0.4) is 0 Å². The number of rotatable bonds is 9. The minimum absolute atomic E-state index is 0.157. The number of carbonyl (C=O) groups is 1. The number of benzene rings is 1. The summed E-state index contributed by atoms with van der Waals surface area (Å²) in [5.74, 6) is 1.78. The van der Waals surface area contributed by atoms with Crippen LogP contribution in [0.25, 0.3) is 0 Å². The first-order valence-electron chi connectivity index (χ1n) is 12.4. The molecule has 1 amide bonds. The van der Waals surface area contributed by atoms with Crippen LogP contribution in [0, 0.1) is 22.7 Å². The molecule has 1 aliphatic rings. The third-order valence-corrected chi connectivity index (χ3v) is 9.85. The molecule has 0 fully saturated rings. The van der Waals surface area contributed by atoms with E-state index in [2.05, 4.69) is 42.4 Å². The third kappa shape index (κ3) is 5.97. The van der Waals surface area contributed by atoms with Crippen LogP contribution in [0.4, 0.5) is 5.00 Å². The summed E-state index contributed by atoms with van der Waals surface area (Å²) < 4.78 is 7.78. The van der Waals surface area contributed by atoms with Crippen molar-refractivity contribution in [3.63, 3.8) is 0 Å². The highest BCUT2D eigenvalue weighted by atomic mass is 35.5. The predicted molar refractivity (Wildman–Crippen MR) is 149 cm³/mol. The monoisotopic (exact) mass is 557 g/mol. The van der Waals surface area contributed by atoms with Gasteiger partial charge in [0.1, 0.15) is 16.8 Å². The Morgan fingerprint density at radius 3 is 2.86 bits per heavy atom. The summed E-state index contributed by atoms with van der Waals surface area (Å²) in [6, 6.07) is 9.61. The van der Waals surface area contributed by atoms with Crippen LogP contribution in [-0.4, -0.2) is 26.4 Å². The average Bonchev–Trinajstić information content (AvgIpc) is 3.42. The van der Waals surface area contributed by atoms with Gasteiger partial charge in [0.25, 0.3) is 0 Å². The van der Waals surface area contributed by atoms with Gasteiger partial charge in [-0.2, -0.15) is 5.26 Å². The van der Waals surface area contributed by atoms with Crippen molar-refractivity contribution in [2.24, 2.45) is 18.4 Å². The lowest BCUT2D eigenvalue weighted by Crippen LogP contribution is -2.28. The van der Waals surface area contributed by atoms with Crippen molar-refractivity contribution in [1.29, 1.82) is 5.26 Å². The Balaban J connectivity index is 1.39. The molecule has 3 aromatic rings. The van der Waals surface area contributed by atoms with E-state index in [1.165, 1.54) is 16.6 Å². The highest BCUT2D eigenvalue weighted by Crippen LogP contribution is 2.45. The highest BCUT2D eigenvalue weighted by Gasteiger charge is 2.34. The van der Waals surface area contributed by atoms with Crippen LogP contribution >= 0.6 is 34.7 Å². The zero-order valence-electron chi connectivity index (χ0n) is 21.8. The Kier molecular flexibility index (Phi) is 8.52. The van der Waals surface area contributed by atoms with E-state index in [0.717, 1.165) is 31.2 Å². The SMILES string of the molecule is CCC(C)(C)C1CCc2c(sc(NC(=O)CSc3nnc(C(C)Oc4ccccc4Cl)n3C)c2C#N)C1. The number of aromatic nitrogens is 3. The summed E-state index contributed by atoms with van der Waals surface area (Å²) >= 11 is 9.06. The lowest BCUT2D eigenvalue weighted by molar-refractivity contribution is -0.113. The Morgan fingerprint density at radius 1 is 1.41 bits per heavy atom. The molecular formula is C27H32ClN5O2S2. The van der Waals surface area contributed by atoms with Crippen LogP contribution in [0.5, 0.6) is 5.75 Å². The minimum Gasteiger partial charge on any atom is -0.481 e. The fourth-order valence-corrected chi connectivity index (χ4v) is 6.82. The molecule has 0 radical (unpaired) electrons. The van der Waals surface area contributed by atoms with Crippen LogP contribution < -0.4 is 10.1 Å². The molecule has 1 N–H and O–H groups in total. The van der Waals surface area contributed by atoms with Gasteiger partial charge in [0.2, 0.25) is 5.91 Å². The van der Waals surface area contributed by atoms with Crippen LogP contribution in [0.1, 0.15) is 68.5 Å². The molecule has 2 heterocycles. The van der Waals surface area contributed by atoms with Crippen molar-refractivity contribution in [3.05, 3.63) is 51.1 Å². The quantitative estimate of drug-likeness (QED) is 0.290. The van der Waals surface area contributed by atoms with E-state index in [1.807, 2.05) is 30.7 Å². The van der Waals surface area contributed by atoms with Gasteiger partial charge in [0.05, 0.1) is 16.3 Å². The molecule has 2 atom stereocenters. The topological polar surface area (TPSA) is 92.8 Å². The van der Waals surface area contributed by atoms with Crippen LogP contribution in [-0.2, 0) is 24.7 Å². The number of halogens is 1. The number of nitrogens with zero attached hydrogens (tertiary/aromatic N) is 4. The van der Waals surface area contributed by atoms with Crippen molar-refractivity contribution >= 4 is 45.6 Å². The maximum Gasteiger partial charge on any atom is 0.235 e. The molecule has 2 unspecified atom stereocenters. The van der Waals surface area contributed by atoms with Gasteiger partial charge in [-0.25, -0.2) is 0 Å². The number of hydrogen-bond acceptors (Lipinski definition) is 7. The first-order valence-corrected chi connectivity index (χ1v) is 14.6. The predicted octanol–water partition coefficient (Wildman–Crippen LogP) is 6.81. The van der Waals surface area contributed by atoms with E-state index in [0.29, 0.717) is 38.2 Å². The number of amides is 1. The zero-order valence-corrected chi connectivity index (χ0v) is 24.2. The molecule has 196 valence electrons. The maximum atomic E-state index is 12.8. The first-order chi connectivity index (χ1) is 17.6. The van der Waals surface area contributed by atoms with Crippen molar-refractivity contribution in [1.82, 2.24) is 14.8 Å². The van der Waals surface area contributed by atoms with E-state index in [4.69, 9.17) is 16.3 Å². The lowest BCUT2D eigenvalue weighted by Gasteiger charge is -2.36. The summed E-state index contributed by atoms with van der Waals surface area (Å²) in [4.78, 5) is 14.1. The van der Waals surface area contributed by atoms with Crippen molar-refractivity contribution in [2.75, 3.05) is 11.1 Å². The maximum absolute atomic E-state index is 12.8. The van der Waals surface area contributed by atoms with Crippen LogP contribution in [0.15, 0.2) is 29.4 Å². The smallest absolute Gasteiger partial charge is 0.235 e. The number of nitriles is 1. The lowest BCUT2D eigenvalue weighted by atomic mass is 9.69. The van der Waals surface area contributed by atoms with Gasteiger partial charge in [-0.05, 0) is 55.2 Å². The molecule has 0 saturated heterocycles. The average molecular weight is 558 g/mol. The zero-order chi connectivity index (χ0) is 26.7. The normalized spacial score (nSPS) is 16.1. The van der Waals surface area contributed by atoms with E-state index in [1.54, 1.807) is 23.5 Å². The largest absolute Gasteiger partial charge is 0.481 e. The van der Waals surface area contributed by atoms with Gasteiger partial charge in [0, 0.05) is 11.9 Å². The summed E-state index contributed by atoms with van der Waals surface area (Å²) in [5, 5.41) is 23.1. The molecule has 0 aliphatic heterocycles. The molecule has 4 rings (SSSR count). The molecule has 1 aromatic carbocycles. The summed E-state index contributed by atoms with van der Waals surface area (Å²) in [6.07, 6.45) is 3.69. The second-order valence-corrected chi connectivity index (χ2v) is 12.5. The Bertz CT molecular complexity index is 1330. The fraction of sp³-hybridized carbons (Fsp3) is 0.481. The second-order valence-electron chi connectivity index (χ2n) is 10.0. The number of ether oxygens (including phenoxy) is 1. The number of anilines is 1. The van der Waals surface area contributed by atoms with E-state index in [-0.39, 0.29) is 23.2 Å². The number of para-hydroxylation sites is 1.